The van der Waals surface area contributed by atoms with Crippen molar-refractivity contribution in [2.45, 2.75) is 45.4 Å². The summed E-state index contributed by atoms with van der Waals surface area (Å²) in [5, 5.41) is 13.9. The monoisotopic (exact) mass is 441 g/mol. The minimum Gasteiger partial charge on any atom is -0.467 e. The molecular weight excluding hydrogens is 414 g/mol. The average Bonchev–Trinajstić information content (AvgIpc) is 3.16. The first-order valence-electron chi connectivity index (χ1n) is 9.93. The number of aromatic nitrogens is 2. The second kappa shape index (κ2) is 10.9. The average molecular weight is 441 g/mol. The quantitative estimate of drug-likeness (QED) is 0.593. The molecule has 2 aromatic rings. The van der Waals surface area contributed by atoms with Gasteiger partial charge in [-0.05, 0) is 38.5 Å². The topological polar surface area (TPSA) is 135 Å². The number of carbonyl (C=O) groups excluding carboxylic acids is 3. The number of nitrogens with zero attached hydrogens (tertiary/aromatic N) is 3. The molecule has 0 saturated carbocycles. The number of carbonyl (C=O) groups is 3. The molecule has 1 aromatic heterocycles. The smallest absolute Gasteiger partial charge is 0.407 e. The lowest BCUT2D eigenvalue weighted by Crippen LogP contribution is -2.50. The van der Waals surface area contributed by atoms with Crippen LogP contribution in [0, 0.1) is 11.3 Å². The predicted octanol–water partition coefficient (Wildman–Crippen LogP) is 1.53. The molecule has 1 atom stereocenters. The number of hydrogen-bond acceptors (Lipinski definition) is 7. The number of rotatable bonds is 8. The number of esters is 1. The highest BCUT2D eigenvalue weighted by molar-refractivity contribution is 5.86. The fourth-order valence-electron chi connectivity index (χ4n) is 2.76. The number of imidazole rings is 1. The summed E-state index contributed by atoms with van der Waals surface area (Å²) in [6.07, 6.45) is 2.43. The Balaban J connectivity index is 1.98. The summed E-state index contributed by atoms with van der Waals surface area (Å²) in [5.41, 5.74) is 1.45. The third-order valence-corrected chi connectivity index (χ3v) is 4.25. The minimum absolute atomic E-state index is 0.0315. The highest BCUT2D eigenvalue weighted by Gasteiger charge is 2.24. The van der Waals surface area contributed by atoms with Gasteiger partial charge in [-0.1, -0.05) is 12.1 Å². The molecule has 0 fully saturated rings. The molecule has 0 aliphatic heterocycles. The van der Waals surface area contributed by atoms with E-state index in [9.17, 15) is 14.4 Å². The molecule has 0 radical (unpaired) electrons. The fourth-order valence-corrected chi connectivity index (χ4v) is 2.76. The Morgan fingerprint density at radius 2 is 1.91 bits per heavy atom. The van der Waals surface area contributed by atoms with Gasteiger partial charge in [-0.2, -0.15) is 5.26 Å². The molecule has 1 unspecified atom stereocenters. The molecule has 0 spiro atoms. The SMILES string of the molecule is COC(=O)C(CNC(=O)OC(C)(C)C)NC(=O)Cc1cncn1Cc1ccc(C#N)cc1. The Morgan fingerprint density at radius 3 is 2.50 bits per heavy atom. The molecule has 1 heterocycles. The van der Waals surface area contributed by atoms with Crippen LogP contribution in [0.5, 0.6) is 0 Å². The molecule has 0 aliphatic rings. The van der Waals surface area contributed by atoms with E-state index in [4.69, 9.17) is 14.7 Å². The van der Waals surface area contributed by atoms with E-state index in [2.05, 4.69) is 21.7 Å². The van der Waals surface area contributed by atoms with Crippen LogP contribution in [-0.2, 0) is 32.0 Å². The second-order valence-corrected chi connectivity index (χ2v) is 8.02. The Morgan fingerprint density at radius 1 is 1.22 bits per heavy atom. The zero-order valence-corrected chi connectivity index (χ0v) is 18.5. The van der Waals surface area contributed by atoms with Gasteiger partial charge in [0.25, 0.3) is 0 Å². The minimum atomic E-state index is -1.07. The van der Waals surface area contributed by atoms with Crippen molar-refractivity contribution in [1.82, 2.24) is 20.2 Å². The van der Waals surface area contributed by atoms with Crippen LogP contribution in [0.2, 0.25) is 0 Å². The largest absolute Gasteiger partial charge is 0.467 e. The van der Waals surface area contributed by atoms with Gasteiger partial charge in [-0.25, -0.2) is 14.6 Å². The molecule has 32 heavy (non-hydrogen) atoms. The Bertz CT molecular complexity index is 985. The predicted molar refractivity (Wildman–Crippen MR) is 114 cm³/mol. The Hall–Kier alpha value is -3.87. The molecule has 0 aliphatic carbocycles. The number of nitrogens with one attached hydrogen (secondary N) is 2. The fraction of sp³-hybridized carbons (Fsp3) is 0.409. The van der Waals surface area contributed by atoms with Crippen molar-refractivity contribution in [2.75, 3.05) is 13.7 Å². The number of benzene rings is 1. The van der Waals surface area contributed by atoms with Crippen molar-refractivity contribution in [3.8, 4) is 6.07 Å². The maximum atomic E-state index is 12.6. The number of methoxy groups -OCH3 is 1. The highest BCUT2D eigenvalue weighted by atomic mass is 16.6. The standard InChI is InChI=1S/C22H27N5O5/c1-22(2,3)32-21(30)25-12-18(20(29)31-4)26-19(28)9-17-11-24-14-27(17)13-16-7-5-15(10-23)6-8-16/h5-8,11,14,18H,9,12-13H2,1-4H3,(H,25,30)(H,26,28). The zero-order chi connectivity index (χ0) is 23.7. The lowest BCUT2D eigenvalue weighted by molar-refractivity contribution is -0.144. The van der Waals surface area contributed by atoms with E-state index in [-0.39, 0.29) is 13.0 Å². The molecular formula is C22H27N5O5. The van der Waals surface area contributed by atoms with E-state index in [0.717, 1.165) is 5.56 Å². The number of ether oxygens (including phenoxy) is 2. The molecule has 1 aromatic carbocycles. The third-order valence-electron chi connectivity index (χ3n) is 4.25. The molecule has 10 nitrogen and oxygen atoms in total. The number of hydrogen-bond donors (Lipinski definition) is 2. The van der Waals surface area contributed by atoms with Crippen LogP contribution >= 0.6 is 0 Å². The zero-order valence-electron chi connectivity index (χ0n) is 18.5. The summed E-state index contributed by atoms with van der Waals surface area (Å²) < 4.78 is 11.6. The van der Waals surface area contributed by atoms with Crippen LogP contribution in [0.15, 0.2) is 36.8 Å². The molecule has 0 bridgehead atoms. The molecule has 10 heteroatoms. The van der Waals surface area contributed by atoms with Crippen LogP contribution in [0.4, 0.5) is 4.79 Å². The Kier molecular flexibility index (Phi) is 8.35. The van der Waals surface area contributed by atoms with Crippen LogP contribution in [0.25, 0.3) is 0 Å². The van der Waals surface area contributed by atoms with Gasteiger partial charge in [0, 0.05) is 18.4 Å². The third kappa shape index (κ3) is 7.75. The van der Waals surface area contributed by atoms with Crippen molar-refractivity contribution < 1.29 is 23.9 Å². The summed E-state index contributed by atoms with van der Waals surface area (Å²) >= 11 is 0. The Labute approximate surface area is 186 Å². The maximum absolute atomic E-state index is 12.6. The summed E-state index contributed by atoms with van der Waals surface area (Å²) in [4.78, 5) is 40.5. The summed E-state index contributed by atoms with van der Waals surface area (Å²) in [6, 6.07) is 8.09. The van der Waals surface area contributed by atoms with Crippen LogP contribution in [0.1, 0.15) is 37.6 Å². The van der Waals surface area contributed by atoms with E-state index < -0.39 is 29.6 Å². The van der Waals surface area contributed by atoms with E-state index in [1.165, 1.54) is 7.11 Å². The van der Waals surface area contributed by atoms with Gasteiger partial charge < -0.3 is 24.7 Å². The van der Waals surface area contributed by atoms with Crippen molar-refractivity contribution in [3.05, 3.63) is 53.6 Å². The first kappa shape index (κ1) is 24.4. The maximum Gasteiger partial charge on any atom is 0.407 e. The number of amides is 2. The lowest BCUT2D eigenvalue weighted by atomic mass is 10.1. The highest BCUT2D eigenvalue weighted by Crippen LogP contribution is 2.09. The molecule has 2 amide bonds. The molecule has 0 saturated heterocycles. The van der Waals surface area contributed by atoms with E-state index >= 15 is 0 Å². The van der Waals surface area contributed by atoms with Gasteiger partial charge in [0.1, 0.15) is 11.6 Å². The van der Waals surface area contributed by atoms with Crippen LogP contribution in [0.3, 0.4) is 0 Å². The molecule has 170 valence electrons. The second-order valence-electron chi connectivity index (χ2n) is 8.02. The van der Waals surface area contributed by atoms with Crippen molar-refractivity contribution >= 4 is 18.0 Å². The molecule has 2 rings (SSSR count). The van der Waals surface area contributed by atoms with E-state index in [0.29, 0.717) is 17.8 Å². The summed E-state index contributed by atoms with van der Waals surface area (Å²) in [6.45, 7) is 5.43. The number of alkyl carbamates (subject to hydrolysis) is 1. The van der Waals surface area contributed by atoms with Gasteiger partial charge >= 0.3 is 12.1 Å². The molecule has 2 N–H and O–H groups in total. The van der Waals surface area contributed by atoms with Gasteiger partial charge in [0.05, 0.1) is 38.0 Å². The van der Waals surface area contributed by atoms with Crippen LogP contribution < -0.4 is 10.6 Å². The summed E-state index contributed by atoms with van der Waals surface area (Å²) in [7, 11) is 1.20. The van der Waals surface area contributed by atoms with Gasteiger partial charge in [0.2, 0.25) is 5.91 Å². The van der Waals surface area contributed by atoms with Crippen molar-refractivity contribution in [3.63, 3.8) is 0 Å². The summed E-state index contributed by atoms with van der Waals surface area (Å²) in [5.74, 6) is -1.13. The van der Waals surface area contributed by atoms with Crippen molar-refractivity contribution in [1.29, 1.82) is 5.26 Å². The first-order valence-corrected chi connectivity index (χ1v) is 9.93. The van der Waals surface area contributed by atoms with Crippen LogP contribution in [-0.4, -0.2) is 52.8 Å². The van der Waals surface area contributed by atoms with Gasteiger partial charge in [-0.3, -0.25) is 4.79 Å². The van der Waals surface area contributed by atoms with E-state index in [1.807, 2.05) is 12.1 Å². The lowest BCUT2D eigenvalue weighted by Gasteiger charge is -2.21. The van der Waals surface area contributed by atoms with Crippen molar-refractivity contribution in [2.24, 2.45) is 0 Å². The van der Waals surface area contributed by atoms with Gasteiger partial charge in [0.15, 0.2) is 0 Å². The first-order chi connectivity index (χ1) is 15.1. The normalized spacial score (nSPS) is 11.7. The van der Waals surface area contributed by atoms with E-state index in [1.54, 1.807) is 50.0 Å². The van der Waals surface area contributed by atoms with Gasteiger partial charge in [-0.15, -0.1) is 0 Å². The number of nitriles is 1.